The molecule has 1 aliphatic heterocycles. The zero-order valence-electron chi connectivity index (χ0n) is 13.5. The van der Waals surface area contributed by atoms with Gasteiger partial charge in [0.15, 0.2) is 0 Å². The average Bonchev–Trinajstić information content (AvgIpc) is 3.36. The Bertz CT molecular complexity index is 424. The van der Waals surface area contributed by atoms with Crippen molar-refractivity contribution in [3.8, 4) is 0 Å². The topological polar surface area (TPSA) is 49.4 Å². The summed E-state index contributed by atoms with van der Waals surface area (Å²) in [5, 5.41) is 3.05. The molecule has 1 unspecified atom stereocenters. The second-order valence-electron chi connectivity index (χ2n) is 7.08. The van der Waals surface area contributed by atoms with Gasteiger partial charge in [0.05, 0.1) is 0 Å². The van der Waals surface area contributed by atoms with E-state index in [1.165, 1.54) is 25.7 Å². The Kier molecular flexibility index (Phi) is 3.74. The third kappa shape index (κ3) is 2.36. The van der Waals surface area contributed by atoms with E-state index in [9.17, 15) is 9.59 Å². The molecule has 1 atom stereocenters. The number of nitrogens with zero attached hydrogens (tertiary/aromatic N) is 1. The van der Waals surface area contributed by atoms with Crippen molar-refractivity contribution >= 4 is 11.8 Å². The van der Waals surface area contributed by atoms with E-state index >= 15 is 0 Å². The van der Waals surface area contributed by atoms with Crippen LogP contribution in [-0.4, -0.2) is 34.3 Å². The van der Waals surface area contributed by atoms with Crippen molar-refractivity contribution in [1.82, 2.24) is 10.2 Å². The highest BCUT2D eigenvalue weighted by Crippen LogP contribution is 2.49. The molecule has 2 saturated carbocycles. The Balaban J connectivity index is 1.95. The normalized spacial score (nSPS) is 29.0. The summed E-state index contributed by atoms with van der Waals surface area (Å²) in [6, 6.07) is 0.0703. The molecular weight excluding hydrogens is 264 g/mol. The fourth-order valence-corrected chi connectivity index (χ4v) is 4.06. The maximum Gasteiger partial charge on any atom is 0.249 e. The predicted molar refractivity (Wildman–Crippen MR) is 81.6 cm³/mol. The zero-order chi connectivity index (χ0) is 15.2. The second-order valence-corrected chi connectivity index (χ2v) is 7.08. The van der Waals surface area contributed by atoms with Gasteiger partial charge in [0.25, 0.3) is 0 Å². The van der Waals surface area contributed by atoms with Crippen LogP contribution in [0.15, 0.2) is 0 Å². The summed E-state index contributed by atoms with van der Waals surface area (Å²) in [6.07, 6.45) is 7.01. The smallest absolute Gasteiger partial charge is 0.249 e. The van der Waals surface area contributed by atoms with Crippen LogP contribution in [0.3, 0.4) is 0 Å². The molecule has 1 N–H and O–H groups in total. The molecule has 0 bridgehead atoms. The summed E-state index contributed by atoms with van der Waals surface area (Å²) < 4.78 is 0. The number of carbonyl (C=O) groups is 2. The minimum absolute atomic E-state index is 0.0621. The van der Waals surface area contributed by atoms with Gasteiger partial charge in [0.1, 0.15) is 11.6 Å². The van der Waals surface area contributed by atoms with E-state index in [1.54, 1.807) is 0 Å². The van der Waals surface area contributed by atoms with Gasteiger partial charge in [-0.05, 0) is 56.8 Å². The van der Waals surface area contributed by atoms with Crippen LogP contribution < -0.4 is 5.32 Å². The number of nitrogens with one attached hydrogen (secondary N) is 1. The van der Waals surface area contributed by atoms with Crippen LogP contribution in [0.1, 0.15) is 65.7 Å². The summed E-state index contributed by atoms with van der Waals surface area (Å²) in [7, 11) is 0. The molecule has 4 nitrogen and oxygen atoms in total. The van der Waals surface area contributed by atoms with Gasteiger partial charge >= 0.3 is 0 Å². The van der Waals surface area contributed by atoms with Gasteiger partial charge in [-0.1, -0.05) is 20.8 Å². The molecule has 2 aliphatic carbocycles. The quantitative estimate of drug-likeness (QED) is 0.817. The van der Waals surface area contributed by atoms with Gasteiger partial charge in [-0.25, -0.2) is 0 Å². The monoisotopic (exact) mass is 292 g/mol. The highest BCUT2D eigenvalue weighted by atomic mass is 16.2. The molecule has 118 valence electrons. The first kappa shape index (κ1) is 14.9. The second kappa shape index (κ2) is 5.29. The van der Waals surface area contributed by atoms with Crippen molar-refractivity contribution in [2.45, 2.75) is 83.3 Å². The van der Waals surface area contributed by atoms with E-state index in [4.69, 9.17) is 0 Å². The summed E-state index contributed by atoms with van der Waals surface area (Å²) in [6.45, 7) is 6.04. The Morgan fingerprint density at radius 3 is 2.00 bits per heavy atom. The number of carbonyl (C=O) groups excluding carboxylic acids is 2. The standard InChI is InChI=1S/C17H28N2O2/c1-4-13-15(20)18-17(5-2,6-3)16(21)19(13)14(11-7-8-11)12-9-10-12/h11-14H,4-10H2,1-3H3,(H,18,20). The fraction of sp³-hybridized carbons (Fsp3) is 0.882. The SMILES string of the molecule is CCC1C(=O)NC(CC)(CC)C(=O)N1C(C1CC1)C1CC1. The van der Waals surface area contributed by atoms with Crippen molar-refractivity contribution in [3.05, 3.63) is 0 Å². The van der Waals surface area contributed by atoms with Gasteiger partial charge in [-0.3, -0.25) is 9.59 Å². The Labute approximate surface area is 127 Å². The first-order chi connectivity index (χ1) is 10.1. The van der Waals surface area contributed by atoms with Crippen LogP contribution in [0.2, 0.25) is 0 Å². The van der Waals surface area contributed by atoms with Crippen LogP contribution in [0.4, 0.5) is 0 Å². The molecule has 0 aromatic rings. The van der Waals surface area contributed by atoms with Crippen LogP contribution in [0, 0.1) is 11.8 Å². The molecular formula is C17H28N2O2. The number of amides is 2. The molecule has 0 aromatic heterocycles. The van der Waals surface area contributed by atoms with Crippen molar-refractivity contribution in [2.75, 3.05) is 0 Å². The van der Waals surface area contributed by atoms with E-state index < -0.39 is 5.54 Å². The fourth-order valence-electron chi connectivity index (χ4n) is 4.06. The van der Waals surface area contributed by atoms with E-state index in [0.717, 1.165) is 6.42 Å². The number of hydrogen-bond acceptors (Lipinski definition) is 2. The summed E-state index contributed by atoms with van der Waals surface area (Å²) in [5.74, 6) is 1.54. The highest BCUT2D eigenvalue weighted by Gasteiger charge is 2.55. The lowest BCUT2D eigenvalue weighted by molar-refractivity contribution is -0.160. The maximum absolute atomic E-state index is 13.2. The summed E-state index contributed by atoms with van der Waals surface area (Å²) >= 11 is 0. The van der Waals surface area contributed by atoms with Crippen LogP contribution in [-0.2, 0) is 9.59 Å². The lowest BCUT2D eigenvalue weighted by Crippen LogP contribution is -2.72. The molecule has 0 spiro atoms. The number of hydrogen-bond donors (Lipinski definition) is 1. The Morgan fingerprint density at radius 1 is 1.10 bits per heavy atom. The van der Waals surface area contributed by atoms with Crippen LogP contribution >= 0.6 is 0 Å². The van der Waals surface area contributed by atoms with Gasteiger partial charge < -0.3 is 10.2 Å². The van der Waals surface area contributed by atoms with Crippen molar-refractivity contribution in [3.63, 3.8) is 0 Å². The van der Waals surface area contributed by atoms with Gasteiger partial charge in [-0.2, -0.15) is 0 Å². The van der Waals surface area contributed by atoms with E-state index in [2.05, 4.69) is 5.32 Å². The highest BCUT2D eigenvalue weighted by molar-refractivity contribution is 6.00. The van der Waals surface area contributed by atoms with Crippen LogP contribution in [0.5, 0.6) is 0 Å². The van der Waals surface area contributed by atoms with Gasteiger partial charge in [0, 0.05) is 6.04 Å². The first-order valence-corrected chi connectivity index (χ1v) is 8.72. The van der Waals surface area contributed by atoms with E-state index in [-0.39, 0.29) is 17.9 Å². The molecule has 0 aromatic carbocycles. The van der Waals surface area contributed by atoms with Crippen molar-refractivity contribution in [2.24, 2.45) is 11.8 Å². The molecule has 2 amide bonds. The molecule has 3 aliphatic rings. The summed E-state index contributed by atoms with van der Waals surface area (Å²) in [4.78, 5) is 27.9. The molecule has 1 heterocycles. The molecule has 1 saturated heterocycles. The zero-order valence-corrected chi connectivity index (χ0v) is 13.5. The largest absolute Gasteiger partial charge is 0.340 e. The minimum Gasteiger partial charge on any atom is -0.340 e. The summed E-state index contributed by atoms with van der Waals surface area (Å²) in [5.41, 5.74) is -0.662. The van der Waals surface area contributed by atoms with Crippen molar-refractivity contribution in [1.29, 1.82) is 0 Å². The lowest BCUT2D eigenvalue weighted by atomic mass is 9.84. The van der Waals surface area contributed by atoms with Gasteiger partial charge in [-0.15, -0.1) is 0 Å². The molecule has 3 fully saturated rings. The predicted octanol–water partition coefficient (Wildman–Crippen LogP) is 2.47. The van der Waals surface area contributed by atoms with Gasteiger partial charge in [0.2, 0.25) is 11.8 Å². The van der Waals surface area contributed by atoms with E-state index in [1.807, 2.05) is 25.7 Å². The molecule has 4 heteroatoms. The molecule has 3 rings (SSSR count). The number of rotatable bonds is 6. The third-order valence-corrected chi connectivity index (χ3v) is 5.77. The first-order valence-electron chi connectivity index (χ1n) is 8.72. The van der Waals surface area contributed by atoms with Crippen molar-refractivity contribution < 1.29 is 9.59 Å². The average molecular weight is 292 g/mol. The van der Waals surface area contributed by atoms with Crippen LogP contribution in [0.25, 0.3) is 0 Å². The van der Waals surface area contributed by atoms with E-state index in [0.29, 0.717) is 30.7 Å². The lowest BCUT2D eigenvalue weighted by Gasteiger charge is -2.49. The number of piperazine rings is 1. The minimum atomic E-state index is -0.662. The Hall–Kier alpha value is -1.06. The molecule has 0 radical (unpaired) electrons. The Morgan fingerprint density at radius 2 is 1.62 bits per heavy atom. The molecule has 21 heavy (non-hydrogen) atoms. The maximum atomic E-state index is 13.2. The third-order valence-electron chi connectivity index (χ3n) is 5.77.